The minimum absolute atomic E-state index is 0.224. The van der Waals surface area contributed by atoms with Crippen molar-refractivity contribution in [3.8, 4) is 17.1 Å². The van der Waals surface area contributed by atoms with E-state index in [0.29, 0.717) is 11.4 Å². The fraction of sp³-hybridized carbons (Fsp3) is 0.130. The Morgan fingerprint density at radius 2 is 1.71 bits per heavy atom. The number of imidazole rings is 1. The Kier molecular flexibility index (Phi) is 4.57. The molecule has 0 fully saturated rings. The summed E-state index contributed by atoms with van der Waals surface area (Å²) in [6.07, 6.45) is 0. The van der Waals surface area contributed by atoms with Crippen molar-refractivity contribution in [2.24, 2.45) is 0 Å². The Hall–Kier alpha value is -3.60. The molecule has 0 saturated heterocycles. The molecule has 0 aliphatic carbocycles. The predicted molar refractivity (Wildman–Crippen MR) is 111 cm³/mol. The van der Waals surface area contributed by atoms with E-state index < -0.39 is 5.60 Å². The number of H-pyrrole nitrogens is 1. The number of ether oxygens (including phenoxy) is 1. The SMILES string of the molecule is CC(C)(Oc1ccccc1)C(=O)Nc1cccc(-c2nc3ccccc3[nH]2)c1. The van der Waals surface area contributed by atoms with E-state index in [9.17, 15) is 4.79 Å². The lowest BCUT2D eigenvalue weighted by Crippen LogP contribution is -2.42. The molecule has 0 aliphatic heterocycles. The zero-order valence-corrected chi connectivity index (χ0v) is 15.8. The third-order valence-corrected chi connectivity index (χ3v) is 4.45. The average Bonchev–Trinajstić information content (AvgIpc) is 3.13. The van der Waals surface area contributed by atoms with E-state index in [1.54, 1.807) is 13.8 Å². The number of rotatable bonds is 5. The minimum Gasteiger partial charge on any atom is -0.478 e. The smallest absolute Gasteiger partial charge is 0.267 e. The van der Waals surface area contributed by atoms with Crippen LogP contribution in [-0.2, 0) is 4.79 Å². The highest BCUT2D eigenvalue weighted by Crippen LogP contribution is 2.24. The number of nitrogens with zero attached hydrogens (tertiary/aromatic N) is 1. The van der Waals surface area contributed by atoms with Crippen molar-refractivity contribution in [1.29, 1.82) is 0 Å². The number of fused-ring (bicyclic) bond motifs is 1. The summed E-state index contributed by atoms with van der Waals surface area (Å²) < 4.78 is 5.86. The molecular weight excluding hydrogens is 350 g/mol. The first-order valence-electron chi connectivity index (χ1n) is 9.12. The number of anilines is 1. The van der Waals surface area contributed by atoms with Gasteiger partial charge in [-0.1, -0.05) is 42.5 Å². The molecule has 0 saturated carbocycles. The highest BCUT2D eigenvalue weighted by atomic mass is 16.5. The van der Waals surface area contributed by atoms with Gasteiger partial charge < -0.3 is 15.0 Å². The van der Waals surface area contributed by atoms with Gasteiger partial charge in [0, 0.05) is 11.3 Å². The lowest BCUT2D eigenvalue weighted by molar-refractivity contribution is -0.128. The Balaban J connectivity index is 1.53. The summed E-state index contributed by atoms with van der Waals surface area (Å²) in [6.45, 7) is 3.50. The third-order valence-electron chi connectivity index (χ3n) is 4.45. The van der Waals surface area contributed by atoms with Crippen LogP contribution in [0.5, 0.6) is 5.75 Å². The Morgan fingerprint density at radius 3 is 2.50 bits per heavy atom. The molecule has 1 heterocycles. The molecule has 5 nitrogen and oxygen atoms in total. The number of hydrogen-bond donors (Lipinski definition) is 2. The third kappa shape index (κ3) is 3.74. The van der Waals surface area contributed by atoms with Gasteiger partial charge in [-0.15, -0.1) is 0 Å². The van der Waals surface area contributed by atoms with Crippen LogP contribution in [0.4, 0.5) is 5.69 Å². The summed E-state index contributed by atoms with van der Waals surface area (Å²) in [4.78, 5) is 20.7. The predicted octanol–water partition coefficient (Wildman–Crippen LogP) is 5.03. The van der Waals surface area contributed by atoms with Crippen LogP contribution >= 0.6 is 0 Å². The van der Waals surface area contributed by atoms with Gasteiger partial charge in [0.25, 0.3) is 5.91 Å². The normalized spacial score (nSPS) is 11.4. The standard InChI is InChI=1S/C23H21N3O2/c1-23(2,28-18-11-4-3-5-12-18)22(27)24-17-10-8-9-16(15-17)21-25-19-13-6-7-14-20(19)26-21/h3-15H,1-2H3,(H,24,27)(H,25,26). The van der Waals surface area contributed by atoms with Crippen molar-refractivity contribution in [3.63, 3.8) is 0 Å². The quantitative estimate of drug-likeness (QED) is 0.517. The fourth-order valence-corrected chi connectivity index (χ4v) is 2.94. The van der Waals surface area contributed by atoms with Crippen LogP contribution in [0, 0.1) is 0 Å². The van der Waals surface area contributed by atoms with Crippen LogP contribution < -0.4 is 10.1 Å². The van der Waals surface area contributed by atoms with E-state index in [2.05, 4.69) is 15.3 Å². The topological polar surface area (TPSA) is 67.0 Å². The van der Waals surface area contributed by atoms with Crippen molar-refractivity contribution >= 4 is 22.6 Å². The minimum atomic E-state index is -1.02. The van der Waals surface area contributed by atoms with E-state index in [1.807, 2.05) is 78.9 Å². The lowest BCUT2D eigenvalue weighted by Gasteiger charge is -2.25. The van der Waals surface area contributed by atoms with E-state index in [1.165, 1.54) is 0 Å². The van der Waals surface area contributed by atoms with E-state index in [4.69, 9.17) is 4.74 Å². The molecule has 0 unspecified atom stereocenters. The molecule has 1 amide bonds. The number of amides is 1. The first-order chi connectivity index (χ1) is 13.5. The molecule has 0 aliphatic rings. The molecule has 1 aromatic heterocycles. The van der Waals surface area contributed by atoms with Crippen LogP contribution in [0.3, 0.4) is 0 Å². The summed E-state index contributed by atoms with van der Waals surface area (Å²) in [5.74, 6) is 1.19. The first-order valence-corrected chi connectivity index (χ1v) is 9.12. The van der Waals surface area contributed by atoms with Crippen molar-refractivity contribution in [2.75, 3.05) is 5.32 Å². The van der Waals surface area contributed by atoms with E-state index >= 15 is 0 Å². The number of hydrogen-bond acceptors (Lipinski definition) is 3. The summed E-state index contributed by atoms with van der Waals surface area (Å²) in [5.41, 5.74) is 2.45. The highest BCUT2D eigenvalue weighted by Gasteiger charge is 2.30. The number of para-hydroxylation sites is 3. The monoisotopic (exact) mass is 371 g/mol. The number of aromatic nitrogens is 2. The molecule has 4 rings (SSSR count). The molecule has 0 atom stereocenters. The zero-order valence-electron chi connectivity index (χ0n) is 15.8. The second-order valence-corrected chi connectivity index (χ2v) is 7.06. The van der Waals surface area contributed by atoms with E-state index in [0.717, 1.165) is 22.4 Å². The maximum absolute atomic E-state index is 12.8. The largest absolute Gasteiger partial charge is 0.478 e. The van der Waals surface area contributed by atoms with Crippen molar-refractivity contribution in [2.45, 2.75) is 19.4 Å². The Morgan fingerprint density at radius 1 is 0.964 bits per heavy atom. The van der Waals surface area contributed by atoms with Crippen molar-refractivity contribution in [1.82, 2.24) is 9.97 Å². The number of nitrogens with one attached hydrogen (secondary N) is 2. The average molecular weight is 371 g/mol. The molecular formula is C23H21N3O2. The maximum Gasteiger partial charge on any atom is 0.267 e. The van der Waals surface area contributed by atoms with Gasteiger partial charge in [-0.2, -0.15) is 0 Å². The summed E-state index contributed by atoms with van der Waals surface area (Å²) in [6, 6.07) is 24.8. The van der Waals surface area contributed by atoms with Crippen LogP contribution in [0.1, 0.15) is 13.8 Å². The Labute approximate surface area is 163 Å². The van der Waals surface area contributed by atoms with Gasteiger partial charge in [-0.05, 0) is 50.2 Å². The van der Waals surface area contributed by atoms with Crippen LogP contribution in [0.25, 0.3) is 22.4 Å². The van der Waals surface area contributed by atoms with E-state index in [-0.39, 0.29) is 5.91 Å². The number of benzene rings is 3. The number of carbonyl (C=O) groups excluding carboxylic acids is 1. The van der Waals surface area contributed by atoms with Crippen LogP contribution in [0.2, 0.25) is 0 Å². The van der Waals surface area contributed by atoms with Gasteiger partial charge in [-0.3, -0.25) is 4.79 Å². The Bertz CT molecular complexity index is 1080. The molecule has 3 aromatic carbocycles. The van der Waals surface area contributed by atoms with Gasteiger partial charge in [0.15, 0.2) is 5.60 Å². The molecule has 28 heavy (non-hydrogen) atoms. The summed E-state index contributed by atoms with van der Waals surface area (Å²) in [7, 11) is 0. The molecule has 140 valence electrons. The molecule has 2 N–H and O–H groups in total. The van der Waals surface area contributed by atoms with Crippen LogP contribution in [-0.4, -0.2) is 21.5 Å². The highest BCUT2D eigenvalue weighted by molar-refractivity contribution is 5.97. The first kappa shape index (κ1) is 17.8. The maximum atomic E-state index is 12.8. The van der Waals surface area contributed by atoms with Gasteiger partial charge in [-0.25, -0.2) is 4.98 Å². The van der Waals surface area contributed by atoms with Gasteiger partial charge in [0.2, 0.25) is 0 Å². The molecule has 0 radical (unpaired) electrons. The van der Waals surface area contributed by atoms with Crippen molar-refractivity contribution < 1.29 is 9.53 Å². The van der Waals surface area contributed by atoms with Gasteiger partial charge in [0.05, 0.1) is 11.0 Å². The zero-order chi connectivity index (χ0) is 19.6. The molecule has 5 heteroatoms. The fourth-order valence-electron chi connectivity index (χ4n) is 2.94. The molecule has 4 aromatic rings. The van der Waals surface area contributed by atoms with Crippen molar-refractivity contribution in [3.05, 3.63) is 78.9 Å². The second-order valence-electron chi connectivity index (χ2n) is 7.06. The number of aromatic amines is 1. The van der Waals surface area contributed by atoms with Crippen LogP contribution in [0.15, 0.2) is 78.9 Å². The lowest BCUT2D eigenvalue weighted by atomic mass is 10.1. The van der Waals surface area contributed by atoms with Gasteiger partial charge in [0.1, 0.15) is 11.6 Å². The second kappa shape index (κ2) is 7.19. The summed E-state index contributed by atoms with van der Waals surface area (Å²) >= 11 is 0. The molecule has 0 bridgehead atoms. The summed E-state index contributed by atoms with van der Waals surface area (Å²) in [5, 5.41) is 2.94. The molecule has 0 spiro atoms. The van der Waals surface area contributed by atoms with Gasteiger partial charge >= 0.3 is 0 Å². The number of carbonyl (C=O) groups is 1.